The minimum atomic E-state index is -0.328. The monoisotopic (exact) mass is 496 g/mol. The van der Waals surface area contributed by atoms with Crippen molar-refractivity contribution >= 4 is 38.3 Å². The van der Waals surface area contributed by atoms with E-state index in [2.05, 4.69) is 38.4 Å². The molecular weight excluding hydrogens is 476 g/mol. The van der Waals surface area contributed by atoms with Gasteiger partial charge < -0.3 is 9.15 Å². The normalized spacial score (nSPS) is 10.8. The summed E-state index contributed by atoms with van der Waals surface area (Å²) in [6.07, 6.45) is 0.772. The molecule has 7 heteroatoms. The van der Waals surface area contributed by atoms with Crippen molar-refractivity contribution in [2.45, 2.75) is 26.9 Å². The first kappa shape index (κ1) is 21.3. The van der Waals surface area contributed by atoms with Crippen LogP contribution in [0.3, 0.4) is 0 Å². The maximum Gasteiger partial charge on any atom is 0.293 e. The average Bonchev–Trinajstić information content (AvgIpc) is 3.36. The molecule has 0 saturated carbocycles. The van der Waals surface area contributed by atoms with Gasteiger partial charge in [-0.05, 0) is 55.8 Å². The predicted molar refractivity (Wildman–Crippen MR) is 126 cm³/mol. The van der Waals surface area contributed by atoms with Gasteiger partial charge >= 0.3 is 0 Å². The molecule has 0 fully saturated rings. The molecule has 2 aromatic heterocycles. The molecule has 4 aromatic rings. The van der Waals surface area contributed by atoms with E-state index in [4.69, 9.17) is 9.15 Å². The smallest absolute Gasteiger partial charge is 0.293 e. The largest absolute Gasteiger partial charge is 0.486 e. The Kier molecular flexibility index (Phi) is 6.53. The van der Waals surface area contributed by atoms with Crippen LogP contribution in [0.15, 0.2) is 69.6 Å². The van der Waals surface area contributed by atoms with Crippen LogP contribution in [0.4, 0.5) is 5.13 Å². The van der Waals surface area contributed by atoms with Gasteiger partial charge in [-0.3, -0.25) is 10.1 Å². The Bertz CT molecular complexity index is 1180. The van der Waals surface area contributed by atoms with E-state index in [0.29, 0.717) is 10.9 Å². The van der Waals surface area contributed by atoms with Crippen LogP contribution in [-0.2, 0) is 13.0 Å². The summed E-state index contributed by atoms with van der Waals surface area (Å²) in [5, 5.41) is 3.39. The van der Waals surface area contributed by atoms with E-state index in [1.54, 1.807) is 12.1 Å². The lowest BCUT2D eigenvalue weighted by Crippen LogP contribution is -2.10. The van der Waals surface area contributed by atoms with Crippen LogP contribution in [-0.4, -0.2) is 10.9 Å². The molecule has 0 unspecified atom stereocenters. The number of anilines is 1. The molecule has 0 aliphatic heterocycles. The number of amides is 1. The summed E-state index contributed by atoms with van der Waals surface area (Å²) < 4.78 is 12.4. The molecule has 4 rings (SSSR count). The highest BCUT2D eigenvalue weighted by molar-refractivity contribution is 9.10. The van der Waals surface area contributed by atoms with Crippen molar-refractivity contribution in [3.05, 3.63) is 98.4 Å². The highest BCUT2D eigenvalue weighted by Gasteiger charge is 2.15. The number of carbonyl (C=O) groups excluding carboxylic acids is 1. The Morgan fingerprint density at radius 3 is 2.55 bits per heavy atom. The van der Waals surface area contributed by atoms with Crippen molar-refractivity contribution in [1.82, 2.24) is 4.98 Å². The molecule has 2 aromatic carbocycles. The fraction of sp³-hybridized carbons (Fsp3) is 0.167. The van der Waals surface area contributed by atoms with Crippen molar-refractivity contribution in [1.29, 1.82) is 0 Å². The SMILES string of the molecule is Cc1ccc(OCc2ccc(C(=O)Nc3nc(C)c(Cc4ccc(Br)cc4)s3)o2)cc1. The third-order valence-corrected chi connectivity index (χ3v) is 6.28. The lowest BCUT2D eigenvalue weighted by Gasteiger charge is -2.04. The fourth-order valence-electron chi connectivity index (χ4n) is 2.96. The van der Waals surface area contributed by atoms with Gasteiger partial charge in [0.2, 0.25) is 0 Å². The Labute approximate surface area is 193 Å². The van der Waals surface area contributed by atoms with Crippen LogP contribution in [0.2, 0.25) is 0 Å². The quantitative estimate of drug-likeness (QED) is 0.315. The summed E-state index contributed by atoms with van der Waals surface area (Å²) in [5.74, 6) is 1.23. The summed E-state index contributed by atoms with van der Waals surface area (Å²) in [6.45, 7) is 4.23. The molecule has 5 nitrogen and oxygen atoms in total. The summed E-state index contributed by atoms with van der Waals surface area (Å²) in [4.78, 5) is 18.2. The topological polar surface area (TPSA) is 64.4 Å². The second kappa shape index (κ2) is 9.49. The van der Waals surface area contributed by atoms with Crippen LogP contribution >= 0.6 is 27.3 Å². The first-order chi connectivity index (χ1) is 15.0. The fourth-order valence-corrected chi connectivity index (χ4v) is 4.21. The molecule has 0 atom stereocenters. The molecule has 1 N–H and O–H groups in total. The number of ether oxygens (including phenoxy) is 1. The van der Waals surface area contributed by atoms with Gasteiger partial charge in [-0.25, -0.2) is 4.98 Å². The number of carbonyl (C=O) groups is 1. The molecule has 0 bridgehead atoms. The van der Waals surface area contributed by atoms with Gasteiger partial charge in [0.05, 0.1) is 5.69 Å². The number of furan rings is 1. The Hall–Kier alpha value is -2.90. The van der Waals surface area contributed by atoms with E-state index >= 15 is 0 Å². The van der Waals surface area contributed by atoms with Crippen molar-refractivity contribution < 1.29 is 13.9 Å². The van der Waals surface area contributed by atoms with Gasteiger partial charge in [0.15, 0.2) is 10.9 Å². The van der Waals surface area contributed by atoms with Crippen LogP contribution in [0.5, 0.6) is 5.75 Å². The van der Waals surface area contributed by atoms with E-state index in [9.17, 15) is 4.79 Å². The number of nitrogens with zero attached hydrogens (tertiary/aromatic N) is 1. The number of hydrogen-bond donors (Lipinski definition) is 1. The zero-order valence-electron chi connectivity index (χ0n) is 17.1. The highest BCUT2D eigenvalue weighted by atomic mass is 79.9. The molecule has 2 heterocycles. The molecule has 0 spiro atoms. The van der Waals surface area contributed by atoms with Gasteiger partial charge in [0.25, 0.3) is 5.91 Å². The van der Waals surface area contributed by atoms with E-state index < -0.39 is 0 Å². The Balaban J connectivity index is 1.36. The first-order valence-electron chi connectivity index (χ1n) is 9.76. The molecular formula is C24H21BrN2O3S. The van der Waals surface area contributed by atoms with Crippen LogP contribution in [0.25, 0.3) is 0 Å². The Morgan fingerprint density at radius 1 is 1.06 bits per heavy atom. The van der Waals surface area contributed by atoms with Crippen LogP contribution < -0.4 is 10.1 Å². The zero-order chi connectivity index (χ0) is 21.8. The molecule has 0 aliphatic carbocycles. The van der Waals surface area contributed by atoms with Gasteiger partial charge in [-0.1, -0.05) is 45.8 Å². The number of hydrogen-bond acceptors (Lipinski definition) is 5. The van der Waals surface area contributed by atoms with Crippen LogP contribution in [0, 0.1) is 13.8 Å². The van der Waals surface area contributed by atoms with Crippen molar-refractivity contribution in [2.24, 2.45) is 0 Å². The lowest BCUT2D eigenvalue weighted by molar-refractivity contribution is 0.0992. The van der Waals surface area contributed by atoms with Crippen LogP contribution in [0.1, 0.15) is 38.0 Å². The molecule has 1 amide bonds. The third kappa shape index (κ3) is 5.62. The molecule has 0 saturated heterocycles. The summed E-state index contributed by atoms with van der Waals surface area (Å²) in [7, 11) is 0. The second-order valence-corrected chi connectivity index (χ2v) is 9.15. The van der Waals surface area contributed by atoms with Gasteiger partial charge in [0, 0.05) is 15.8 Å². The van der Waals surface area contributed by atoms with Gasteiger partial charge in [-0.15, -0.1) is 11.3 Å². The number of halogens is 1. The van der Waals surface area contributed by atoms with Gasteiger partial charge in [0.1, 0.15) is 18.1 Å². The minimum Gasteiger partial charge on any atom is -0.486 e. The van der Waals surface area contributed by atoms with E-state index in [-0.39, 0.29) is 18.3 Å². The Morgan fingerprint density at radius 2 is 1.81 bits per heavy atom. The second-order valence-electron chi connectivity index (χ2n) is 7.15. The van der Waals surface area contributed by atoms with Crippen molar-refractivity contribution in [2.75, 3.05) is 5.32 Å². The van der Waals surface area contributed by atoms with Crippen molar-refractivity contribution in [3.63, 3.8) is 0 Å². The summed E-state index contributed by atoms with van der Waals surface area (Å²) in [6, 6.07) is 19.4. The predicted octanol–water partition coefficient (Wildman–Crippen LogP) is 6.54. The van der Waals surface area contributed by atoms with E-state index in [1.165, 1.54) is 22.5 Å². The number of rotatable bonds is 7. The number of aryl methyl sites for hydroxylation is 2. The third-order valence-electron chi connectivity index (χ3n) is 4.68. The maximum absolute atomic E-state index is 12.6. The highest BCUT2D eigenvalue weighted by Crippen LogP contribution is 2.26. The maximum atomic E-state index is 12.6. The number of benzene rings is 2. The van der Waals surface area contributed by atoms with Gasteiger partial charge in [-0.2, -0.15) is 0 Å². The molecule has 158 valence electrons. The first-order valence-corrected chi connectivity index (χ1v) is 11.4. The molecule has 0 radical (unpaired) electrons. The summed E-state index contributed by atoms with van der Waals surface area (Å²) in [5.41, 5.74) is 3.27. The average molecular weight is 497 g/mol. The zero-order valence-corrected chi connectivity index (χ0v) is 19.5. The van der Waals surface area contributed by atoms with Crippen molar-refractivity contribution in [3.8, 4) is 5.75 Å². The lowest BCUT2D eigenvalue weighted by atomic mass is 10.1. The standard InChI is InChI=1S/C24H21BrN2O3S/c1-15-3-9-19(10-4-15)29-14-20-11-12-21(30-20)23(28)27-24-26-16(2)22(31-24)13-17-5-7-18(25)8-6-17/h3-12H,13-14H2,1-2H3,(H,26,27,28). The van der Waals surface area contributed by atoms with E-state index in [1.807, 2.05) is 50.2 Å². The van der Waals surface area contributed by atoms with E-state index in [0.717, 1.165) is 27.2 Å². The minimum absolute atomic E-state index is 0.227. The molecule has 31 heavy (non-hydrogen) atoms. The summed E-state index contributed by atoms with van der Waals surface area (Å²) >= 11 is 4.93. The number of nitrogens with one attached hydrogen (secondary N) is 1. The number of aromatic nitrogens is 1. The number of thiazole rings is 1. The molecule has 0 aliphatic rings.